The predicted octanol–water partition coefficient (Wildman–Crippen LogP) is 1.33. The molecule has 1 aliphatic rings. The average molecular weight is 614 g/mol. The number of amides is 1. The number of aromatic nitrogens is 4. The van der Waals surface area contributed by atoms with Crippen molar-refractivity contribution in [1.82, 2.24) is 35.1 Å². The molecule has 0 radical (unpaired) electrons. The number of nitrogens with two attached hydrogens (primary N) is 2. The lowest BCUT2D eigenvalue weighted by molar-refractivity contribution is -0.121. The number of carbonyl (C=O) groups is 2. The third kappa shape index (κ3) is 11.0. The second kappa shape index (κ2) is 18.7. The van der Waals surface area contributed by atoms with E-state index in [1.54, 1.807) is 4.57 Å². The number of anilines is 1. The Morgan fingerprint density at radius 3 is 2.45 bits per heavy atom. The van der Waals surface area contributed by atoms with Crippen LogP contribution in [0.15, 0.2) is 29.1 Å². The van der Waals surface area contributed by atoms with Crippen molar-refractivity contribution in [3.63, 3.8) is 0 Å². The molecule has 3 heterocycles. The van der Waals surface area contributed by atoms with Crippen LogP contribution >= 0.6 is 0 Å². The van der Waals surface area contributed by atoms with Crippen LogP contribution in [0.25, 0.3) is 11.2 Å². The first-order valence-corrected chi connectivity index (χ1v) is 15.2. The predicted molar refractivity (Wildman–Crippen MR) is 169 cm³/mol. The standard InChI is InChI=1S/C28H42N8O3.C2H5NO2/c1-3-4-17-39-27-33-25(29)24-26(34-27)36(28(38)32-24)19-22-7-5-21(6-8-22)18-35-15-11-20(12-16-35)9-14-31-23(37)10-13-30-2;3-5-2-1-4/h5-8,20,30H,3-4,9-19H2,1-2H3,(H,31,37)(H,32,38)(H2,29,33,34);1H,2-3H2. The van der Waals surface area contributed by atoms with Crippen molar-refractivity contribution in [1.29, 1.82) is 0 Å². The highest BCUT2D eigenvalue weighted by Gasteiger charge is 2.19. The summed E-state index contributed by atoms with van der Waals surface area (Å²) in [4.78, 5) is 51.4. The number of benzene rings is 1. The summed E-state index contributed by atoms with van der Waals surface area (Å²) in [5, 5.41) is 6.03. The Labute approximate surface area is 257 Å². The molecule has 0 unspecified atom stereocenters. The van der Waals surface area contributed by atoms with Crippen LogP contribution < -0.4 is 32.7 Å². The summed E-state index contributed by atoms with van der Waals surface area (Å²) in [6.07, 6.45) is 6.36. The SMILES string of the molecule is CCCCOc1nc(N)c2[nH]c(=O)n(Cc3ccc(CN4CCC(CCNC(=O)CCNC)CC4)cc3)c2n1.NOCC=O. The van der Waals surface area contributed by atoms with E-state index in [1.807, 2.05) is 7.05 Å². The molecular weight excluding hydrogens is 566 g/mol. The smallest absolute Gasteiger partial charge is 0.328 e. The molecule has 4 rings (SSSR count). The molecule has 1 amide bonds. The van der Waals surface area contributed by atoms with Gasteiger partial charge in [-0.3, -0.25) is 19.1 Å². The molecule has 14 heteroatoms. The molecule has 0 saturated carbocycles. The summed E-state index contributed by atoms with van der Waals surface area (Å²) in [6, 6.07) is 8.57. The molecule has 0 aliphatic carbocycles. The van der Waals surface area contributed by atoms with Crippen molar-refractivity contribution in [2.45, 2.75) is 58.5 Å². The largest absolute Gasteiger partial charge is 0.463 e. The highest BCUT2D eigenvalue weighted by Crippen LogP contribution is 2.22. The van der Waals surface area contributed by atoms with E-state index in [-0.39, 0.29) is 30.0 Å². The van der Waals surface area contributed by atoms with Gasteiger partial charge in [0.2, 0.25) is 5.91 Å². The number of aldehydes is 1. The molecule has 14 nitrogen and oxygen atoms in total. The molecule has 1 aliphatic heterocycles. The average Bonchev–Trinajstić information content (AvgIpc) is 3.34. The topological polar surface area (TPSA) is 196 Å². The fraction of sp³-hybridized carbons (Fsp3) is 0.567. The Hall–Kier alpha value is -3.85. The molecular formula is C30H47N9O5. The van der Waals surface area contributed by atoms with E-state index in [0.29, 0.717) is 49.5 Å². The van der Waals surface area contributed by atoms with Crippen LogP contribution in [0.4, 0.5) is 5.82 Å². The van der Waals surface area contributed by atoms with Gasteiger partial charge in [-0.25, -0.2) is 10.7 Å². The van der Waals surface area contributed by atoms with Crippen LogP contribution in [0.1, 0.15) is 56.6 Å². The van der Waals surface area contributed by atoms with Crippen LogP contribution in [0.5, 0.6) is 6.01 Å². The Morgan fingerprint density at radius 2 is 1.84 bits per heavy atom. The number of nitrogen functional groups attached to an aromatic ring is 1. The summed E-state index contributed by atoms with van der Waals surface area (Å²) in [7, 11) is 1.86. The minimum Gasteiger partial charge on any atom is -0.463 e. The number of likely N-dealkylation sites (tertiary alicyclic amines) is 1. The molecule has 3 aromatic rings. The van der Waals surface area contributed by atoms with Crippen LogP contribution in [-0.2, 0) is 27.5 Å². The number of hydrogen-bond acceptors (Lipinski definition) is 11. The van der Waals surface area contributed by atoms with Crippen molar-refractivity contribution >= 4 is 29.2 Å². The van der Waals surface area contributed by atoms with Gasteiger partial charge < -0.3 is 30.9 Å². The minimum atomic E-state index is -0.277. The lowest BCUT2D eigenvalue weighted by Gasteiger charge is -2.32. The molecule has 1 aromatic carbocycles. The molecule has 0 spiro atoms. The first-order valence-electron chi connectivity index (χ1n) is 15.2. The number of carbonyl (C=O) groups excluding carboxylic acids is 2. The molecule has 2 aromatic heterocycles. The van der Waals surface area contributed by atoms with Gasteiger partial charge in [0, 0.05) is 26.1 Å². The first kappa shape index (κ1) is 34.6. The Balaban J connectivity index is 0.000000978. The summed E-state index contributed by atoms with van der Waals surface area (Å²) < 4.78 is 7.20. The lowest BCUT2D eigenvalue weighted by atomic mass is 9.93. The molecule has 7 N–H and O–H groups in total. The number of rotatable bonds is 16. The minimum absolute atomic E-state index is 0.0139. The fourth-order valence-electron chi connectivity index (χ4n) is 4.96. The van der Waals surface area contributed by atoms with Gasteiger partial charge in [-0.05, 0) is 62.9 Å². The first-order chi connectivity index (χ1) is 21.4. The van der Waals surface area contributed by atoms with Gasteiger partial charge in [0.1, 0.15) is 18.4 Å². The van der Waals surface area contributed by atoms with E-state index in [4.69, 9.17) is 10.5 Å². The van der Waals surface area contributed by atoms with Gasteiger partial charge in [0.15, 0.2) is 11.5 Å². The van der Waals surface area contributed by atoms with Gasteiger partial charge >= 0.3 is 11.7 Å². The van der Waals surface area contributed by atoms with E-state index in [2.05, 4.69) is 72.4 Å². The second-order valence-corrected chi connectivity index (χ2v) is 10.8. The van der Waals surface area contributed by atoms with Gasteiger partial charge in [-0.1, -0.05) is 37.6 Å². The number of hydrogen-bond donors (Lipinski definition) is 5. The number of H-pyrrole nitrogens is 1. The number of fused-ring (bicyclic) bond motifs is 1. The normalized spacial score (nSPS) is 13.8. The van der Waals surface area contributed by atoms with Crippen molar-refractivity contribution < 1.29 is 19.2 Å². The number of aromatic amines is 1. The van der Waals surface area contributed by atoms with Gasteiger partial charge in [0.05, 0.1) is 13.2 Å². The maximum Gasteiger partial charge on any atom is 0.328 e. The Kier molecular flexibility index (Phi) is 14.7. The van der Waals surface area contributed by atoms with Crippen LogP contribution in [-0.4, -0.2) is 83.1 Å². The van der Waals surface area contributed by atoms with Crippen molar-refractivity contribution in [2.24, 2.45) is 11.8 Å². The van der Waals surface area contributed by atoms with Crippen molar-refractivity contribution in [2.75, 3.05) is 52.2 Å². The zero-order valence-electron chi connectivity index (χ0n) is 25.8. The molecule has 44 heavy (non-hydrogen) atoms. The van der Waals surface area contributed by atoms with Crippen LogP contribution in [0, 0.1) is 5.92 Å². The highest BCUT2D eigenvalue weighted by molar-refractivity contribution is 5.82. The molecule has 1 fully saturated rings. The third-order valence-electron chi connectivity index (χ3n) is 7.48. The van der Waals surface area contributed by atoms with E-state index in [9.17, 15) is 14.4 Å². The molecule has 242 valence electrons. The van der Waals surface area contributed by atoms with Gasteiger partial charge in [-0.2, -0.15) is 9.97 Å². The summed E-state index contributed by atoms with van der Waals surface area (Å²) in [5.41, 5.74) is 8.92. The van der Waals surface area contributed by atoms with E-state index in [1.165, 1.54) is 5.56 Å². The Morgan fingerprint density at radius 1 is 1.14 bits per heavy atom. The van der Waals surface area contributed by atoms with Crippen LogP contribution in [0.2, 0.25) is 0 Å². The number of unbranched alkanes of at least 4 members (excludes halogenated alkanes) is 1. The zero-order valence-corrected chi connectivity index (χ0v) is 25.8. The molecule has 1 saturated heterocycles. The van der Waals surface area contributed by atoms with Gasteiger partial charge in [0.25, 0.3) is 0 Å². The monoisotopic (exact) mass is 613 g/mol. The number of piperidine rings is 1. The summed E-state index contributed by atoms with van der Waals surface area (Å²) >= 11 is 0. The quantitative estimate of drug-likeness (QED) is 0.0888. The van der Waals surface area contributed by atoms with Crippen LogP contribution in [0.3, 0.4) is 0 Å². The maximum atomic E-state index is 12.7. The zero-order chi connectivity index (χ0) is 31.7. The number of imidazole rings is 1. The van der Waals surface area contributed by atoms with Gasteiger partial charge in [-0.15, -0.1) is 0 Å². The van der Waals surface area contributed by atoms with Crippen molar-refractivity contribution in [3.05, 3.63) is 45.9 Å². The fourth-order valence-corrected chi connectivity index (χ4v) is 4.96. The van der Waals surface area contributed by atoms with E-state index in [0.717, 1.165) is 63.8 Å². The number of ether oxygens (including phenoxy) is 1. The lowest BCUT2D eigenvalue weighted by Crippen LogP contribution is -2.35. The maximum absolute atomic E-state index is 12.7. The number of nitrogens with one attached hydrogen (secondary N) is 3. The molecule has 0 bridgehead atoms. The number of nitrogens with zero attached hydrogens (tertiary/aromatic N) is 4. The summed E-state index contributed by atoms with van der Waals surface area (Å²) in [5.74, 6) is 5.40. The molecule has 0 atom stereocenters. The van der Waals surface area contributed by atoms with E-state index >= 15 is 0 Å². The Bertz CT molecular complexity index is 1350. The van der Waals surface area contributed by atoms with E-state index < -0.39 is 0 Å². The third-order valence-corrected chi connectivity index (χ3v) is 7.48. The van der Waals surface area contributed by atoms with Crippen molar-refractivity contribution in [3.8, 4) is 6.01 Å². The second-order valence-electron chi connectivity index (χ2n) is 10.8. The highest BCUT2D eigenvalue weighted by atomic mass is 16.6. The summed E-state index contributed by atoms with van der Waals surface area (Å²) in [6.45, 7) is 7.46.